The van der Waals surface area contributed by atoms with Crippen molar-refractivity contribution in [2.45, 2.75) is 36.8 Å². The summed E-state index contributed by atoms with van der Waals surface area (Å²) in [5.74, 6) is -0.931. The standard InChI is InChI=1S/C24H20ClN3O3S/c25-20-10-9-17(15-26-20)19-14-18-11-12-24(19,23(30)31-27-13-5-4-8-21(27)32)28(18)22(29)16-6-2-1-3-7-16/h1-10,13,15,18-19H,11-12,14H2/t18-,19+,24+/m0/s1. The van der Waals surface area contributed by atoms with E-state index in [9.17, 15) is 9.59 Å². The van der Waals surface area contributed by atoms with Crippen LogP contribution in [0.15, 0.2) is 73.1 Å². The minimum absolute atomic E-state index is 0.0697. The molecule has 32 heavy (non-hydrogen) atoms. The normalized spacial score (nSPS) is 23.8. The second kappa shape index (κ2) is 8.15. The third kappa shape index (κ3) is 3.32. The number of fused-ring (bicyclic) bond motifs is 2. The van der Waals surface area contributed by atoms with Crippen LogP contribution in [0.2, 0.25) is 5.15 Å². The monoisotopic (exact) mass is 465 g/mol. The number of rotatable bonds is 4. The molecule has 4 heterocycles. The SMILES string of the molecule is O=C(c1ccccc1)N1[C@H]2CC[C@]1(C(=O)On1ccccc1=S)[C@@H](c1ccc(Cl)nc1)C2. The van der Waals surface area contributed by atoms with Crippen molar-refractivity contribution in [1.82, 2.24) is 14.6 Å². The number of pyridine rings is 2. The number of aromatic nitrogens is 2. The van der Waals surface area contributed by atoms with Gasteiger partial charge in [-0.15, -0.1) is 0 Å². The predicted molar refractivity (Wildman–Crippen MR) is 122 cm³/mol. The Morgan fingerprint density at radius 2 is 1.88 bits per heavy atom. The first-order valence-electron chi connectivity index (χ1n) is 10.4. The van der Waals surface area contributed by atoms with Gasteiger partial charge in [0, 0.05) is 29.9 Å². The molecule has 5 rings (SSSR count). The van der Waals surface area contributed by atoms with E-state index in [0.717, 1.165) is 12.0 Å². The van der Waals surface area contributed by atoms with Gasteiger partial charge in [0.2, 0.25) is 0 Å². The highest BCUT2D eigenvalue weighted by molar-refractivity contribution is 7.71. The summed E-state index contributed by atoms with van der Waals surface area (Å²) < 4.78 is 1.65. The fourth-order valence-corrected chi connectivity index (χ4v) is 5.35. The Kier molecular flexibility index (Phi) is 5.31. The van der Waals surface area contributed by atoms with Crippen molar-refractivity contribution in [3.05, 3.63) is 94.0 Å². The Morgan fingerprint density at radius 1 is 1.09 bits per heavy atom. The van der Waals surface area contributed by atoms with Gasteiger partial charge in [0.15, 0.2) is 5.54 Å². The molecule has 2 aromatic heterocycles. The number of hydrogen-bond acceptors (Lipinski definition) is 5. The summed E-state index contributed by atoms with van der Waals surface area (Å²) in [6.45, 7) is 0. The van der Waals surface area contributed by atoms with E-state index in [2.05, 4.69) is 4.98 Å². The molecule has 6 nitrogen and oxygen atoms in total. The van der Waals surface area contributed by atoms with Crippen LogP contribution in [0.1, 0.15) is 41.1 Å². The van der Waals surface area contributed by atoms with Crippen molar-refractivity contribution in [3.63, 3.8) is 0 Å². The molecule has 0 aliphatic carbocycles. The Hall–Kier alpha value is -3.03. The number of hydrogen-bond donors (Lipinski definition) is 0. The van der Waals surface area contributed by atoms with Crippen molar-refractivity contribution in [3.8, 4) is 0 Å². The zero-order chi connectivity index (χ0) is 22.3. The summed E-state index contributed by atoms with van der Waals surface area (Å²) in [7, 11) is 0. The minimum atomic E-state index is -1.16. The van der Waals surface area contributed by atoms with E-state index in [1.54, 1.807) is 53.7 Å². The van der Waals surface area contributed by atoms with Crippen LogP contribution < -0.4 is 4.84 Å². The van der Waals surface area contributed by atoms with Gasteiger partial charge in [-0.25, -0.2) is 9.78 Å². The van der Waals surface area contributed by atoms with E-state index in [1.165, 1.54) is 4.73 Å². The van der Waals surface area contributed by atoms with Gasteiger partial charge in [-0.2, -0.15) is 4.73 Å². The number of benzene rings is 1. The zero-order valence-electron chi connectivity index (χ0n) is 17.1. The molecule has 0 spiro atoms. The Morgan fingerprint density at radius 3 is 2.59 bits per heavy atom. The summed E-state index contributed by atoms with van der Waals surface area (Å²) in [6.07, 6.45) is 5.16. The van der Waals surface area contributed by atoms with Crippen LogP contribution in [0.5, 0.6) is 0 Å². The van der Waals surface area contributed by atoms with E-state index in [0.29, 0.717) is 28.2 Å². The largest absolute Gasteiger partial charge is 0.358 e. The molecule has 3 atom stereocenters. The molecule has 2 aliphatic rings. The van der Waals surface area contributed by atoms with Crippen molar-refractivity contribution in [1.29, 1.82) is 0 Å². The first-order chi connectivity index (χ1) is 15.5. The van der Waals surface area contributed by atoms with Gasteiger partial charge in [-0.05, 0) is 55.2 Å². The summed E-state index contributed by atoms with van der Waals surface area (Å²) in [5.41, 5.74) is 0.247. The van der Waals surface area contributed by atoms with Crippen LogP contribution in [0.4, 0.5) is 0 Å². The lowest BCUT2D eigenvalue weighted by Gasteiger charge is -2.37. The maximum absolute atomic E-state index is 13.8. The molecule has 0 unspecified atom stereocenters. The number of amides is 1. The lowest BCUT2D eigenvalue weighted by molar-refractivity contribution is -0.156. The van der Waals surface area contributed by atoms with Gasteiger partial charge < -0.3 is 9.74 Å². The summed E-state index contributed by atoms with van der Waals surface area (Å²) in [5, 5.41) is 0.376. The fourth-order valence-electron chi connectivity index (χ4n) is 5.07. The summed E-state index contributed by atoms with van der Waals surface area (Å²) >= 11 is 11.3. The molecule has 2 aliphatic heterocycles. The van der Waals surface area contributed by atoms with Gasteiger partial charge in [-0.1, -0.05) is 54.2 Å². The average molecular weight is 466 g/mol. The van der Waals surface area contributed by atoms with E-state index in [-0.39, 0.29) is 17.9 Å². The molecule has 3 aromatic rings. The zero-order valence-corrected chi connectivity index (χ0v) is 18.6. The maximum Gasteiger partial charge on any atom is 0.358 e. The smallest absolute Gasteiger partial charge is 0.333 e. The molecule has 2 bridgehead atoms. The molecule has 0 saturated carbocycles. The molecule has 1 amide bonds. The molecule has 8 heteroatoms. The van der Waals surface area contributed by atoms with Crippen molar-refractivity contribution in [2.75, 3.05) is 0 Å². The molecule has 2 saturated heterocycles. The van der Waals surface area contributed by atoms with Crippen molar-refractivity contribution < 1.29 is 14.4 Å². The number of nitrogens with zero attached hydrogens (tertiary/aromatic N) is 3. The lowest BCUT2D eigenvalue weighted by Crippen LogP contribution is -2.56. The first-order valence-corrected chi connectivity index (χ1v) is 11.2. The van der Waals surface area contributed by atoms with Gasteiger partial charge >= 0.3 is 5.97 Å². The third-order valence-electron chi connectivity index (χ3n) is 6.45. The van der Waals surface area contributed by atoms with E-state index >= 15 is 0 Å². The van der Waals surface area contributed by atoms with Gasteiger partial charge in [0.1, 0.15) is 9.79 Å². The highest BCUT2D eigenvalue weighted by Gasteiger charge is 2.65. The Balaban J connectivity index is 1.60. The first kappa shape index (κ1) is 20.8. The topological polar surface area (TPSA) is 64.4 Å². The molecule has 162 valence electrons. The highest BCUT2D eigenvalue weighted by Crippen LogP contribution is 2.55. The van der Waals surface area contributed by atoms with Crippen molar-refractivity contribution >= 4 is 35.7 Å². The quantitative estimate of drug-likeness (QED) is 0.420. The fraction of sp³-hybridized carbons (Fsp3) is 0.250. The van der Waals surface area contributed by atoms with Gasteiger partial charge in [0.05, 0.1) is 0 Å². The second-order valence-corrected chi connectivity index (χ2v) is 8.91. The number of halogens is 1. The van der Waals surface area contributed by atoms with Crippen LogP contribution in [0, 0.1) is 4.64 Å². The number of carbonyl (C=O) groups excluding carboxylic acids is 2. The number of carbonyl (C=O) groups is 2. The van der Waals surface area contributed by atoms with Crippen LogP contribution in [-0.2, 0) is 4.79 Å². The summed E-state index contributed by atoms with van der Waals surface area (Å²) in [6, 6.07) is 17.7. The molecular formula is C24H20ClN3O3S. The molecule has 2 fully saturated rings. The lowest BCUT2D eigenvalue weighted by atomic mass is 9.74. The van der Waals surface area contributed by atoms with E-state index < -0.39 is 11.5 Å². The van der Waals surface area contributed by atoms with Crippen molar-refractivity contribution in [2.24, 2.45) is 0 Å². The maximum atomic E-state index is 13.8. The summed E-state index contributed by atoms with van der Waals surface area (Å²) in [4.78, 5) is 39.2. The van der Waals surface area contributed by atoms with Crippen LogP contribution >= 0.6 is 23.8 Å². The van der Waals surface area contributed by atoms with Gasteiger partial charge in [-0.3, -0.25) is 4.79 Å². The predicted octanol–water partition coefficient (Wildman–Crippen LogP) is 4.45. The molecule has 0 radical (unpaired) electrons. The molecular weight excluding hydrogens is 446 g/mol. The van der Waals surface area contributed by atoms with E-state index in [1.807, 2.05) is 24.3 Å². The molecule has 0 N–H and O–H groups in total. The highest BCUT2D eigenvalue weighted by atomic mass is 35.5. The molecule has 1 aromatic carbocycles. The second-order valence-electron chi connectivity index (χ2n) is 8.10. The van der Waals surface area contributed by atoms with Crippen LogP contribution in [0.3, 0.4) is 0 Å². The van der Waals surface area contributed by atoms with Gasteiger partial charge in [0.25, 0.3) is 5.91 Å². The Labute approximate surface area is 195 Å². The van der Waals surface area contributed by atoms with Crippen LogP contribution in [-0.4, -0.2) is 38.1 Å². The van der Waals surface area contributed by atoms with E-state index in [4.69, 9.17) is 28.7 Å². The Bertz CT molecular complexity index is 1230. The third-order valence-corrected chi connectivity index (χ3v) is 6.99. The van der Waals surface area contributed by atoms with Crippen LogP contribution in [0.25, 0.3) is 0 Å². The average Bonchev–Trinajstić information content (AvgIpc) is 3.36. The minimum Gasteiger partial charge on any atom is -0.333 e.